The Balaban J connectivity index is 0.00000156. The summed E-state index contributed by atoms with van der Waals surface area (Å²) in [7, 11) is 1.67. The lowest BCUT2D eigenvalue weighted by atomic mass is 10.1. The van der Waals surface area contributed by atoms with Crippen molar-refractivity contribution in [3.63, 3.8) is 0 Å². The molecule has 1 amide bonds. The Bertz CT molecular complexity index is 562. The molecule has 0 bridgehead atoms. The molecule has 0 saturated carbocycles. The van der Waals surface area contributed by atoms with Crippen molar-refractivity contribution in [3.05, 3.63) is 24.3 Å². The van der Waals surface area contributed by atoms with E-state index in [2.05, 4.69) is 21.6 Å². The van der Waals surface area contributed by atoms with Gasteiger partial charge in [-0.1, -0.05) is 6.07 Å². The van der Waals surface area contributed by atoms with Crippen LogP contribution in [0.5, 0.6) is 5.75 Å². The Labute approximate surface area is 161 Å². The molecule has 2 fully saturated rings. The number of methoxy groups -OCH3 is 1. The number of carbonyl (C=O) groups is 1. The van der Waals surface area contributed by atoms with Crippen LogP contribution in [0.2, 0.25) is 0 Å². The Morgan fingerprint density at radius 2 is 2.20 bits per heavy atom. The number of morpholine rings is 1. The number of amides is 1. The van der Waals surface area contributed by atoms with Crippen molar-refractivity contribution in [2.45, 2.75) is 31.5 Å². The summed E-state index contributed by atoms with van der Waals surface area (Å²) >= 11 is 0. The first kappa shape index (κ1) is 21.8. The highest BCUT2D eigenvalue weighted by molar-refractivity contribution is 5.85. The number of hydrogen-bond acceptors (Lipinski definition) is 5. The fraction of sp³-hybridized carbons (Fsp3) is 0.588. The van der Waals surface area contributed by atoms with Gasteiger partial charge in [-0.2, -0.15) is 0 Å². The first-order chi connectivity index (χ1) is 11.2. The van der Waals surface area contributed by atoms with Crippen LogP contribution in [-0.2, 0) is 9.53 Å². The van der Waals surface area contributed by atoms with Crippen LogP contribution in [0, 0.1) is 0 Å². The normalized spacial score (nSPS) is 25.5. The van der Waals surface area contributed by atoms with Crippen molar-refractivity contribution in [1.29, 1.82) is 0 Å². The van der Waals surface area contributed by atoms with E-state index in [9.17, 15) is 4.79 Å². The quantitative estimate of drug-likeness (QED) is 0.816. The van der Waals surface area contributed by atoms with Gasteiger partial charge in [0.25, 0.3) is 0 Å². The molecule has 2 saturated heterocycles. The molecule has 2 N–H and O–H groups in total. The minimum absolute atomic E-state index is 0. The smallest absolute Gasteiger partial charge is 0.240 e. The van der Waals surface area contributed by atoms with E-state index in [0.717, 1.165) is 37.5 Å². The Kier molecular flexibility index (Phi) is 8.79. The summed E-state index contributed by atoms with van der Waals surface area (Å²) in [6, 6.07) is 7.95. The Morgan fingerprint density at radius 3 is 2.92 bits per heavy atom. The first-order valence-electron chi connectivity index (χ1n) is 8.22. The number of nitrogens with one attached hydrogen (secondary N) is 2. The summed E-state index contributed by atoms with van der Waals surface area (Å²) in [4.78, 5) is 14.7. The van der Waals surface area contributed by atoms with Crippen molar-refractivity contribution >= 4 is 36.4 Å². The van der Waals surface area contributed by atoms with E-state index in [0.29, 0.717) is 6.61 Å². The molecule has 8 heteroatoms. The minimum Gasteiger partial charge on any atom is -0.497 e. The third kappa shape index (κ3) is 5.38. The van der Waals surface area contributed by atoms with Crippen molar-refractivity contribution in [3.8, 4) is 5.75 Å². The lowest BCUT2D eigenvalue weighted by Crippen LogP contribution is -2.57. The van der Waals surface area contributed by atoms with Gasteiger partial charge < -0.3 is 25.0 Å². The maximum atomic E-state index is 12.4. The van der Waals surface area contributed by atoms with Crippen LogP contribution < -0.4 is 20.3 Å². The number of benzene rings is 1. The molecule has 1 unspecified atom stereocenters. The number of anilines is 1. The third-order valence-electron chi connectivity index (χ3n) is 4.55. The fourth-order valence-electron chi connectivity index (χ4n) is 3.24. The molecular formula is C17H27Cl2N3O3. The van der Waals surface area contributed by atoms with Gasteiger partial charge in [0.2, 0.25) is 5.91 Å². The van der Waals surface area contributed by atoms with E-state index in [1.54, 1.807) is 7.11 Å². The van der Waals surface area contributed by atoms with Crippen molar-refractivity contribution in [2.75, 3.05) is 38.3 Å². The number of halogens is 2. The molecule has 2 aliphatic heterocycles. The van der Waals surface area contributed by atoms with Gasteiger partial charge in [-0.15, -0.1) is 24.8 Å². The standard InChI is InChI=1S/C17H25N3O3.2ClH/c1-12-16(18-7-9-23-12)17(21)19-13-6-8-20(11-13)14-4-3-5-15(10-14)22-2;;/h3-5,10,12-13,16,18H,6-9,11H2,1-2H3,(H,19,21);2*1H/t12-,13?,16+;;/m1../s1. The Hall–Kier alpha value is -1.21. The molecule has 2 aliphatic rings. The van der Waals surface area contributed by atoms with Crippen LogP contribution in [0.15, 0.2) is 24.3 Å². The maximum Gasteiger partial charge on any atom is 0.240 e. The van der Waals surface area contributed by atoms with Gasteiger partial charge in [0.1, 0.15) is 11.8 Å². The van der Waals surface area contributed by atoms with Crippen LogP contribution in [-0.4, -0.2) is 57.4 Å². The second-order valence-corrected chi connectivity index (χ2v) is 6.15. The molecule has 0 radical (unpaired) electrons. The summed E-state index contributed by atoms with van der Waals surface area (Å²) in [6.45, 7) is 5.08. The monoisotopic (exact) mass is 391 g/mol. The molecule has 0 aliphatic carbocycles. The molecule has 142 valence electrons. The number of hydrogen-bond donors (Lipinski definition) is 2. The average molecular weight is 392 g/mol. The molecule has 6 nitrogen and oxygen atoms in total. The van der Waals surface area contributed by atoms with Crippen molar-refractivity contribution in [1.82, 2.24) is 10.6 Å². The van der Waals surface area contributed by atoms with Gasteiger partial charge >= 0.3 is 0 Å². The predicted molar refractivity (Wildman–Crippen MR) is 103 cm³/mol. The van der Waals surface area contributed by atoms with E-state index < -0.39 is 0 Å². The van der Waals surface area contributed by atoms with Gasteiger partial charge in [-0.25, -0.2) is 0 Å². The molecule has 1 aromatic carbocycles. The second-order valence-electron chi connectivity index (χ2n) is 6.15. The third-order valence-corrected chi connectivity index (χ3v) is 4.55. The first-order valence-corrected chi connectivity index (χ1v) is 8.22. The van der Waals surface area contributed by atoms with Crippen LogP contribution in [0.3, 0.4) is 0 Å². The number of nitrogens with zero attached hydrogens (tertiary/aromatic N) is 1. The minimum atomic E-state index is -0.255. The molecule has 1 aromatic rings. The second kappa shape index (κ2) is 10.1. The highest BCUT2D eigenvalue weighted by Gasteiger charge is 2.31. The summed E-state index contributed by atoms with van der Waals surface area (Å²) < 4.78 is 10.8. The fourth-order valence-corrected chi connectivity index (χ4v) is 3.24. The topological polar surface area (TPSA) is 62.8 Å². The van der Waals surface area contributed by atoms with Gasteiger partial charge in [0.05, 0.1) is 19.8 Å². The van der Waals surface area contributed by atoms with E-state index in [-0.39, 0.29) is 48.9 Å². The van der Waals surface area contributed by atoms with Crippen LogP contribution in [0.4, 0.5) is 5.69 Å². The molecule has 2 heterocycles. The zero-order valence-corrected chi connectivity index (χ0v) is 16.2. The van der Waals surface area contributed by atoms with Gasteiger partial charge in [-0.05, 0) is 25.5 Å². The summed E-state index contributed by atoms with van der Waals surface area (Å²) in [5.74, 6) is 0.891. The average Bonchev–Trinajstić information content (AvgIpc) is 3.03. The lowest BCUT2D eigenvalue weighted by molar-refractivity contribution is -0.129. The molecule has 3 rings (SSSR count). The van der Waals surface area contributed by atoms with Crippen LogP contribution in [0.25, 0.3) is 0 Å². The highest BCUT2D eigenvalue weighted by Crippen LogP contribution is 2.24. The number of carbonyl (C=O) groups excluding carboxylic acids is 1. The maximum absolute atomic E-state index is 12.4. The van der Waals surface area contributed by atoms with Gasteiger partial charge in [0, 0.05) is 37.4 Å². The van der Waals surface area contributed by atoms with Gasteiger partial charge in [0.15, 0.2) is 0 Å². The SMILES string of the molecule is COc1cccc(N2CCC(NC(=O)[C@H]3NCCO[C@@H]3C)C2)c1.Cl.Cl. The molecular weight excluding hydrogens is 365 g/mol. The van der Waals surface area contributed by atoms with Crippen molar-refractivity contribution < 1.29 is 14.3 Å². The van der Waals surface area contributed by atoms with E-state index in [4.69, 9.17) is 9.47 Å². The van der Waals surface area contributed by atoms with E-state index >= 15 is 0 Å². The van der Waals surface area contributed by atoms with Crippen LogP contribution in [0.1, 0.15) is 13.3 Å². The summed E-state index contributed by atoms with van der Waals surface area (Å²) in [5, 5.41) is 6.39. The zero-order valence-electron chi connectivity index (χ0n) is 14.6. The summed E-state index contributed by atoms with van der Waals surface area (Å²) in [5.41, 5.74) is 1.13. The number of rotatable bonds is 4. The molecule has 25 heavy (non-hydrogen) atoms. The zero-order chi connectivity index (χ0) is 16.2. The largest absolute Gasteiger partial charge is 0.497 e. The summed E-state index contributed by atoms with van der Waals surface area (Å²) in [6.07, 6.45) is 0.866. The Morgan fingerprint density at radius 1 is 1.40 bits per heavy atom. The molecule has 0 aromatic heterocycles. The van der Waals surface area contributed by atoms with E-state index in [1.165, 1.54) is 0 Å². The molecule has 0 spiro atoms. The van der Waals surface area contributed by atoms with E-state index in [1.807, 2.05) is 25.1 Å². The van der Waals surface area contributed by atoms with Crippen LogP contribution >= 0.6 is 24.8 Å². The number of ether oxygens (including phenoxy) is 2. The highest BCUT2D eigenvalue weighted by atomic mass is 35.5. The lowest BCUT2D eigenvalue weighted by Gasteiger charge is -2.30. The predicted octanol–water partition coefficient (Wildman–Crippen LogP) is 1.61. The van der Waals surface area contributed by atoms with Gasteiger partial charge in [-0.3, -0.25) is 4.79 Å². The molecule has 3 atom stereocenters. The van der Waals surface area contributed by atoms with Crippen molar-refractivity contribution in [2.24, 2.45) is 0 Å².